The average Bonchev–Trinajstić information content (AvgIpc) is 3.50. The maximum Gasteiger partial charge on any atom is 0.160 e. The molecule has 0 fully saturated rings. The largest absolute Gasteiger partial charge is 0.314 e. The molecule has 0 aliphatic carbocycles. The molecule has 10 rings (SSSR count). The van der Waals surface area contributed by atoms with Crippen molar-refractivity contribution in [3.63, 3.8) is 0 Å². The summed E-state index contributed by atoms with van der Waals surface area (Å²) in [6.45, 7) is 1.91. The Balaban J connectivity index is 1.12. The third-order valence-electron chi connectivity index (χ3n) is 10.8. The van der Waals surface area contributed by atoms with E-state index in [1.807, 2.05) is 55.2 Å². The smallest absolute Gasteiger partial charge is 0.160 e. The van der Waals surface area contributed by atoms with Crippen LogP contribution in [0.1, 0.15) is 0 Å². The van der Waals surface area contributed by atoms with Crippen LogP contribution in [0.2, 0.25) is 0 Å². The lowest BCUT2D eigenvalue weighted by atomic mass is 9.86. The van der Waals surface area contributed by atoms with Gasteiger partial charge in [-0.1, -0.05) is 182 Å². The molecule has 2 heterocycles. The van der Waals surface area contributed by atoms with Crippen molar-refractivity contribution in [2.24, 2.45) is 0 Å². The first-order valence-corrected chi connectivity index (χ1v) is 20.7. The Hall–Kier alpha value is -6.67. The molecule has 55 heavy (non-hydrogen) atoms. The van der Waals surface area contributed by atoms with Gasteiger partial charge in [-0.15, -0.1) is 0 Å². The molecule has 1 unspecified atom stereocenters. The van der Waals surface area contributed by atoms with E-state index in [0.29, 0.717) is 5.82 Å². The summed E-state index contributed by atoms with van der Waals surface area (Å²) >= 11 is 0. The van der Waals surface area contributed by atoms with E-state index in [0.717, 1.165) is 77.6 Å². The zero-order chi connectivity index (χ0) is 36.9. The van der Waals surface area contributed by atoms with Gasteiger partial charge in [-0.2, -0.15) is 0 Å². The summed E-state index contributed by atoms with van der Waals surface area (Å²) in [6.07, 6.45) is 0. The first kappa shape index (κ1) is 32.9. The normalized spacial score (nSPS) is 14.4. The number of nitrogens with zero attached hydrogens (tertiary/aromatic N) is 2. The van der Waals surface area contributed by atoms with Gasteiger partial charge in [0, 0.05) is 32.9 Å². The Morgan fingerprint density at radius 2 is 0.945 bits per heavy atom. The highest BCUT2D eigenvalue weighted by Gasteiger charge is 2.36. The van der Waals surface area contributed by atoms with Crippen molar-refractivity contribution in [1.82, 2.24) is 9.97 Å². The first-order valence-electron chi connectivity index (χ1n) is 18.6. The molecule has 0 radical (unpaired) electrons. The van der Waals surface area contributed by atoms with Crippen LogP contribution in [-0.2, 0) is 4.57 Å². The van der Waals surface area contributed by atoms with Crippen LogP contribution in [0.3, 0.4) is 0 Å². The van der Waals surface area contributed by atoms with E-state index >= 15 is 0 Å². The maximum absolute atomic E-state index is 14.3. The lowest BCUT2D eigenvalue weighted by molar-refractivity contribution is 0.591. The van der Waals surface area contributed by atoms with Crippen molar-refractivity contribution in [1.29, 1.82) is 0 Å². The highest BCUT2D eigenvalue weighted by molar-refractivity contribution is 7.79. The van der Waals surface area contributed by atoms with Crippen LogP contribution < -0.4 is 10.6 Å². The predicted molar refractivity (Wildman–Crippen MR) is 230 cm³/mol. The molecule has 1 aliphatic heterocycles. The van der Waals surface area contributed by atoms with Crippen molar-refractivity contribution in [3.8, 4) is 78.4 Å². The molecule has 1 atom stereocenters. The minimum Gasteiger partial charge on any atom is -0.314 e. The fraction of sp³-hybridized carbons (Fsp3) is 0.0196. The van der Waals surface area contributed by atoms with Crippen LogP contribution in [0, 0.1) is 0 Å². The number of hydrogen-bond acceptors (Lipinski definition) is 3. The lowest BCUT2D eigenvalue weighted by Gasteiger charge is -2.18. The Morgan fingerprint density at radius 3 is 1.75 bits per heavy atom. The van der Waals surface area contributed by atoms with Crippen LogP contribution in [0.15, 0.2) is 194 Å². The summed E-state index contributed by atoms with van der Waals surface area (Å²) in [7, 11) is -2.73. The summed E-state index contributed by atoms with van der Waals surface area (Å²) in [5, 5.41) is 4.22. The SMILES string of the molecule is CP1(=O)c2ccccc2-c2c(-c3ccc4ccccc4c3-c3ccc(-c4cc(-c5cccc(-c6ccccc6)c5)nc(-c5ccccc5)n4)cc3)cccc21. The molecular weight excluding hydrogens is 688 g/mol. The van der Waals surface area contributed by atoms with Crippen molar-refractivity contribution in [2.75, 3.05) is 6.66 Å². The zero-order valence-corrected chi connectivity index (χ0v) is 31.1. The van der Waals surface area contributed by atoms with Crippen molar-refractivity contribution < 1.29 is 4.57 Å². The molecule has 4 heteroatoms. The van der Waals surface area contributed by atoms with Crippen LogP contribution in [-0.4, -0.2) is 16.6 Å². The molecule has 1 aliphatic rings. The quantitative estimate of drug-likeness (QED) is 0.161. The summed E-state index contributed by atoms with van der Waals surface area (Å²) < 4.78 is 14.3. The minimum absolute atomic E-state index is 0.685. The molecule has 8 aromatic carbocycles. The highest BCUT2D eigenvalue weighted by atomic mass is 31.2. The van der Waals surface area contributed by atoms with Gasteiger partial charge >= 0.3 is 0 Å². The van der Waals surface area contributed by atoms with Crippen LogP contribution in [0.25, 0.3) is 89.2 Å². The van der Waals surface area contributed by atoms with Crippen molar-refractivity contribution in [2.45, 2.75) is 0 Å². The van der Waals surface area contributed by atoms with E-state index in [4.69, 9.17) is 9.97 Å². The van der Waals surface area contributed by atoms with E-state index in [1.165, 1.54) is 16.3 Å². The Kier molecular flexibility index (Phi) is 7.98. The van der Waals surface area contributed by atoms with Crippen LogP contribution in [0.4, 0.5) is 0 Å². The molecule has 1 aromatic heterocycles. The number of benzene rings is 8. The van der Waals surface area contributed by atoms with E-state index < -0.39 is 7.14 Å². The summed E-state index contributed by atoms with van der Waals surface area (Å²) in [4.78, 5) is 10.2. The lowest BCUT2D eigenvalue weighted by Crippen LogP contribution is -2.08. The van der Waals surface area contributed by atoms with Gasteiger partial charge in [-0.3, -0.25) is 0 Å². The van der Waals surface area contributed by atoms with Gasteiger partial charge in [0.1, 0.15) is 7.14 Å². The van der Waals surface area contributed by atoms with Gasteiger partial charge in [0.2, 0.25) is 0 Å². The fourth-order valence-electron chi connectivity index (χ4n) is 8.15. The van der Waals surface area contributed by atoms with Gasteiger partial charge < -0.3 is 4.57 Å². The second-order valence-corrected chi connectivity index (χ2v) is 17.0. The predicted octanol–water partition coefficient (Wildman–Crippen LogP) is 12.6. The third kappa shape index (κ3) is 5.73. The van der Waals surface area contributed by atoms with E-state index in [-0.39, 0.29) is 0 Å². The highest BCUT2D eigenvalue weighted by Crippen LogP contribution is 2.53. The summed E-state index contributed by atoms with van der Waals surface area (Å²) in [6, 6.07) is 67.5. The van der Waals surface area contributed by atoms with Gasteiger partial charge in [-0.25, -0.2) is 9.97 Å². The molecule has 0 bridgehead atoms. The molecule has 0 saturated heterocycles. The Morgan fingerprint density at radius 1 is 0.382 bits per heavy atom. The maximum atomic E-state index is 14.3. The van der Waals surface area contributed by atoms with Gasteiger partial charge in [0.05, 0.1) is 11.4 Å². The summed E-state index contributed by atoms with van der Waals surface area (Å²) in [5.74, 6) is 0.685. The summed E-state index contributed by atoms with van der Waals surface area (Å²) in [5.41, 5.74) is 13.7. The number of rotatable bonds is 6. The Labute approximate surface area is 321 Å². The van der Waals surface area contributed by atoms with Gasteiger partial charge in [0.25, 0.3) is 0 Å². The fourth-order valence-corrected chi connectivity index (χ4v) is 10.5. The number of hydrogen-bond donors (Lipinski definition) is 0. The number of fused-ring (bicyclic) bond motifs is 4. The number of aromatic nitrogens is 2. The molecule has 0 N–H and O–H groups in total. The molecule has 3 nitrogen and oxygen atoms in total. The molecule has 260 valence electrons. The van der Waals surface area contributed by atoms with E-state index in [1.54, 1.807) is 0 Å². The van der Waals surface area contributed by atoms with Crippen molar-refractivity contribution in [3.05, 3.63) is 194 Å². The molecule has 0 spiro atoms. The van der Waals surface area contributed by atoms with E-state index in [2.05, 4.69) is 146 Å². The molecule has 0 saturated carbocycles. The second kappa shape index (κ2) is 13.3. The molecular formula is C51H35N2OP. The van der Waals surface area contributed by atoms with E-state index in [9.17, 15) is 4.57 Å². The Bertz CT molecular complexity index is 2960. The second-order valence-electron chi connectivity index (χ2n) is 14.2. The van der Waals surface area contributed by atoms with Gasteiger partial charge in [-0.05, 0) is 68.5 Å². The van der Waals surface area contributed by atoms with Crippen LogP contribution in [0.5, 0.6) is 0 Å². The first-order chi connectivity index (χ1) is 27.0. The van der Waals surface area contributed by atoms with Crippen molar-refractivity contribution >= 4 is 28.5 Å². The average molecular weight is 723 g/mol. The molecule has 9 aromatic rings. The topological polar surface area (TPSA) is 42.9 Å². The minimum atomic E-state index is -2.73. The monoisotopic (exact) mass is 722 g/mol. The zero-order valence-electron chi connectivity index (χ0n) is 30.2. The standard InChI is InChI=1S/C51H35N2OP/c1-55(54)47-24-11-10-22-44(47)50-42(23-13-25-48(50)55)43-31-30-35-16-8-9-21-41(35)49(43)37-28-26-36(27-29-37)45-33-46(53-51(52-45)38-17-6-3-7-18-38)40-20-12-19-39(32-40)34-14-4-2-5-15-34/h2-33H,1H3. The molecule has 0 amide bonds. The van der Waals surface area contributed by atoms with Gasteiger partial charge in [0.15, 0.2) is 5.82 Å². The van der Waals surface area contributed by atoms with Crippen LogP contribution >= 0.6 is 7.14 Å². The third-order valence-corrected chi connectivity index (χ3v) is 13.4.